The Morgan fingerprint density at radius 3 is 2.55 bits per heavy atom. The summed E-state index contributed by atoms with van der Waals surface area (Å²) in [4.78, 5) is 11.5. The van der Waals surface area contributed by atoms with E-state index < -0.39 is 16.0 Å². The van der Waals surface area contributed by atoms with Crippen LogP contribution in [0.5, 0.6) is 5.75 Å². The molecular weight excluding hydrogens is 392 g/mol. The van der Waals surface area contributed by atoms with E-state index in [1.165, 1.54) is 28.6 Å². The summed E-state index contributed by atoms with van der Waals surface area (Å²) in [5.41, 5.74) is 2.72. The summed E-state index contributed by atoms with van der Waals surface area (Å²) in [5.74, 6) is -0.864. The molecule has 0 saturated carbocycles. The van der Waals surface area contributed by atoms with Gasteiger partial charge in [-0.1, -0.05) is 18.2 Å². The van der Waals surface area contributed by atoms with Gasteiger partial charge < -0.3 is 14.8 Å². The van der Waals surface area contributed by atoms with Gasteiger partial charge in [-0.2, -0.15) is 4.31 Å². The number of carbonyl (C=O) groups is 1. The lowest BCUT2D eigenvalue weighted by Crippen LogP contribution is -2.42. The minimum absolute atomic E-state index is 0.0127. The van der Waals surface area contributed by atoms with Gasteiger partial charge >= 0.3 is 5.97 Å². The number of fused-ring (bicyclic) bond motifs is 3. The van der Waals surface area contributed by atoms with Crippen LogP contribution in [0.15, 0.2) is 53.4 Å². The van der Waals surface area contributed by atoms with Crippen LogP contribution in [0.3, 0.4) is 0 Å². The normalized spacial score (nSPS) is 16.8. The minimum Gasteiger partial charge on any atom is -0.508 e. The van der Waals surface area contributed by atoms with Crippen molar-refractivity contribution in [3.05, 3.63) is 59.8 Å². The van der Waals surface area contributed by atoms with E-state index in [0.29, 0.717) is 19.4 Å². The number of para-hydroxylation sites is 1. The van der Waals surface area contributed by atoms with Crippen LogP contribution in [0.4, 0.5) is 0 Å². The van der Waals surface area contributed by atoms with Gasteiger partial charge in [-0.15, -0.1) is 0 Å². The van der Waals surface area contributed by atoms with Gasteiger partial charge in [0.25, 0.3) is 0 Å². The van der Waals surface area contributed by atoms with Crippen molar-refractivity contribution in [1.82, 2.24) is 8.87 Å². The molecule has 2 heterocycles. The Bertz CT molecular complexity index is 1180. The first-order valence-corrected chi connectivity index (χ1v) is 10.8. The lowest BCUT2D eigenvalue weighted by Gasteiger charge is -2.32. The third-order valence-electron chi connectivity index (χ3n) is 5.66. The summed E-state index contributed by atoms with van der Waals surface area (Å²) in [7, 11) is -2.14. The van der Waals surface area contributed by atoms with Gasteiger partial charge in [0.15, 0.2) is 0 Å². The highest BCUT2D eigenvalue weighted by molar-refractivity contribution is 7.89. The molecule has 0 bridgehead atoms. The summed E-state index contributed by atoms with van der Waals surface area (Å²) in [6, 6.07) is 12.9. The fourth-order valence-electron chi connectivity index (χ4n) is 4.15. The first kappa shape index (κ1) is 19.5. The highest BCUT2D eigenvalue weighted by atomic mass is 32.2. The van der Waals surface area contributed by atoms with Gasteiger partial charge in [-0.25, -0.2) is 8.42 Å². The van der Waals surface area contributed by atoms with Crippen molar-refractivity contribution in [1.29, 1.82) is 0 Å². The number of carboxylic acids is 1. The van der Waals surface area contributed by atoms with E-state index in [1.54, 1.807) is 7.05 Å². The second-order valence-electron chi connectivity index (χ2n) is 7.33. The van der Waals surface area contributed by atoms with Gasteiger partial charge in [-0.05, 0) is 48.7 Å². The van der Waals surface area contributed by atoms with Gasteiger partial charge in [-0.3, -0.25) is 4.79 Å². The number of hydrogen-bond donors (Lipinski definition) is 2. The number of nitrogens with zero attached hydrogens (tertiary/aromatic N) is 2. The largest absolute Gasteiger partial charge is 0.508 e. The Labute approximate surface area is 168 Å². The summed E-state index contributed by atoms with van der Waals surface area (Å²) in [6.07, 6.45) is 1.17. The maximum atomic E-state index is 13.0. The third kappa shape index (κ3) is 3.38. The van der Waals surface area contributed by atoms with Gasteiger partial charge in [0, 0.05) is 36.2 Å². The molecule has 1 aliphatic rings. The molecule has 0 amide bonds. The molecule has 1 unspecified atom stereocenters. The smallest absolute Gasteiger partial charge is 0.307 e. The maximum absolute atomic E-state index is 13.0. The van der Waals surface area contributed by atoms with Crippen LogP contribution in [0.1, 0.15) is 17.7 Å². The molecule has 8 heteroatoms. The molecule has 0 fully saturated rings. The topological polar surface area (TPSA) is 99.8 Å². The zero-order valence-electron chi connectivity index (χ0n) is 15.9. The molecule has 3 aromatic rings. The molecule has 4 rings (SSSR count). The van der Waals surface area contributed by atoms with Crippen molar-refractivity contribution in [2.24, 2.45) is 0 Å². The number of phenols is 1. The number of aliphatic carboxylic acids is 1. The maximum Gasteiger partial charge on any atom is 0.307 e. The van der Waals surface area contributed by atoms with Crippen molar-refractivity contribution in [2.45, 2.75) is 36.7 Å². The molecule has 2 aromatic carbocycles. The fourth-order valence-corrected chi connectivity index (χ4v) is 5.53. The van der Waals surface area contributed by atoms with Gasteiger partial charge in [0.05, 0.1) is 11.3 Å². The first-order valence-electron chi connectivity index (χ1n) is 9.37. The van der Waals surface area contributed by atoms with E-state index in [9.17, 15) is 23.4 Å². The van der Waals surface area contributed by atoms with Crippen molar-refractivity contribution in [2.75, 3.05) is 7.05 Å². The van der Waals surface area contributed by atoms with E-state index in [4.69, 9.17) is 0 Å². The van der Waals surface area contributed by atoms with E-state index in [0.717, 1.165) is 22.2 Å². The van der Waals surface area contributed by atoms with Crippen LogP contribution < -0.4 is 0 Å². The Morgan fingerprint density at radius 1 is 1.17 bits per heavy atom. The number of likely N-dealkylation sites (N-methyl/N-ethyl adjacent to an activating group) is 1. The number of aromatic hydroxyl groups is 1. The molecule has 29 heavy (non-hydrogen) atoms. The predicted octanol–water partition coefficient (Wildman–Crippen LogP) is 2.61. The number of rotatable bonds is 5. The van der Waals surface area contributed by atoms with Crippen LogP contribution in [0, 0.1) is 0 Å². The summed E-state index contributed by atoms with van der Waals surface area (Å²) in [5, 5.41) is 19.7. The second-order valence-corrected chi connectivity index (χ2v) is 9.33. The Kier molecular flexibility index (Phi) is 4.84. The quantitative estimate of drug-likeness (QED) is 0.669. The van der Waals surface area contributed by atoms with E-state index in [-0.39, 0.29) is 23.1 Å². The molecule has 152 valence electrons. The molecule has 2 N–H and O–H groups in total. The number of aromatic nitrogens is 1. The Morgan fingerprint density at radius 2 is 1.86 bits per heavy atom. The Balaban J connectivity index is 1.70. The molecule has 7 nitrogen and oxygen atoms in total. The molecule has 0 aliphatic carbocycles. The van der Waals surface area contributed by atoms with E-state index in [2.05, 4.69) is 4.57 Å². The van der Waals surface area contributed by atoms with Crippen LogP contribution in [-0.4, -0.2) is 46.6 Å². The van der Waals surface area contributed by atoms with E-state index >= 15 is 0 Å². The van der Waals surface area contributed by atoms with Crippen molar-refractivity contribution in [3.63, 3.8) is 0 Å². The molecule has 0 saturated heterocycles. The lowest BCUT2D eigenvalue weighted by atomic mass is 10.0. The average Bonchev–Trinajstić information content (AvgIpc) is 3.00. The molecule has 0 radical (unpaired) electrons. The van der Waals surface area contributed by atoms with Gasteiger partial charge in [0.1, 0.15) is 5.75 Å². The number of carboxylic acid groups (broad SMARTS) is 1. The number of hydrogen-bond acceptors (Lipinski definition) is 4. The summed E-state index contributed by atoms with van der Waals surface area (Å²) >= 11 is 0. The Hall–Kier alpha value is -2.84. The second kappa shape index (κ2) is 7.20. The summed E-state index contributed by atoms with van der Waals surface area (Å²) in [6.45, 7) is 0.462. The number of sulfonamides is 1. The molecule has 1 atom stereocenters. The van der Waals surface area contributed by atoms with E-state index in [1.807, 2.05) is 24.3 Å². The predicted molar refractivity (Wildman–Crippen MR) is 108 cm³/mol. The monoisotopic (exact) mass is 414 g/mol. The highest BCUT2D eigenvalue weighted by Crippen LogP contribution is 2.33. The van der Waals surface area contributed by atoms with Crippen molar-refractivity contribution < 1.29 is 23.4 Å². The SMILES string of the molecule is CN(C1CCc2c(CC(=O)O)c3ccccc3n2C1)S(=O)(=O)c1ccc(O)cc1. The third-order valence-corrected chi connectivity index (χ3v) is 7.58. The zero-order chi connectivity index (χ0) is 20.8. The molecular formula is C21H22N2O5S. The van der Waals surface area contributed by atoms with Crippen LogP contribution in [-0.2, 0) is 34.2 Å². The standard InChI is InChI=1S/C21H22N2O5S/c1-22(29(27,28)16-9-7-15(24)8-10-16)14-6-11-20-18(12-21(25)26)17-4-2-3-5-19(17)23(20)13-14/h2-5,7-10,14,24H,6,11-13H2,1H3,(H,25,26). The highest BCUT2D eigenvalue weighted by Gasteiger charge is 2.33. The first-order chi connectivity index (χ1) is 13.8. The number of phenolic OH excluding ortho intramolecular Hbond substituents is 1. The molecule has 1 aromatic heterocycles. The minimum atomic E-state index is -3.71. The average molecular weight is 414 g/mol. The lowest BCUT2D eigenvalue weighted by molar-refractivity contribution is -0.136. The summed E-state index contributed by atoms with van der Waals surface area (Å²) < 4.78 is 29.5. The number of benzene rings is 2. The van der Waals surface area contributed by atoms with Crippen LogP contribution in [0.25, 0.3) is 10.9 Å². The van der Waals surface area contributed by atoms with Gasteiger partial charge in [0.2, 0.25) is 10.0 Å². The molecule has 1 aliphatic heterocycles. The van der Waals surface area contributed by atoms with Crippen LogP contribution in [0.2, 0.25) is 0 Å². The molecule has 0 spiro atoms. The van der Waals surface area contributed by atoms with Crippen LogP contribution >= 0.6 is 0 Å². The van der Waals surface area contributed by atoms with Crippen molar-refractivity contribution >= 4 is 26.9 Å². The van der Waals surface area contributed by atoms with Crippen molar-refractivity contribution in [3.8, 4) is 5.75 Å². The fraction of sp³-hybridized carbons (Fsp3) is 0.286. The zero-order valence-corrected chi connectivity index (χ0v) is 16.8.